The van der Waals surface area contributed by atoms with Crippen LogP contribution >= 0.6 is 11.3 Å². The van der Waals surface area contributed by atoms with Gasteiger partial charge in [0.1, 0.15) is 5.75 Å². The highest BCUT2D eigenvalue weighted by Gasteiger charge is 2.05. The first-order chi connectivity index (χ1) is 15.1. The van der Waals surface area contributed by atoms with Crippen LogP contribution in [-0.2, 0) is 16.0 Å². The summed E-state index contributed by atoms with van der Waals surface area (Å²) in [5.74, 6) is 1.55. The highest BCUT2D eigenvalue weighted by molar-refractivity contribution is 7.15. The van der Waals surface area contributed by atoms with Crippen LogP contribution in [0.2, 0.25) is 0 Å². The second-order valence-corrected chi connectivity index (χ2v) is 8.06. The van der Waals surface area contributed by atoms with Crippen LogP contribution in [-0.4, -0.2) is 54.9 Å². The number of rotatable bonds is 12. The molecular formula is C22H31N5O3S. The fourth-order valence-electron chi connectivity index (χ4n) is 2.80. The molecule has 0 bridgehead atoms. The fourth-order valence-corrected chi connectivity index (χ4v) is 3.52. The van der Waals surface area contributed by atoms with Crippen LogP contribution in [0.1, 0.15) is 26.0 Å². The van der Waals surface area contributed by atoms with E-state index in [0.29, 0.717) is 32.3 Å². The maximum absolute atomic E-state index is 5.71. The van der Waals surface area contributed by atoms with Gasteiger partial charge in [-0.25, -0.2) is 9.98 Å². The van der Waals surface area contributed by atoms with Gasteiger partial charge in [0.25, 0.3) is 0 Å². The Balaban J connectivity index is 1.58. The van der Waals surface area contributed by atoms with E-state index in [1.54, 1.807) is 18.4 Å². The number of aromatic nitrogens is 2. The van der Waals surface area contributed by atoms with Gasteiger partial charge in [0.2, 0.25) is 0 Å². The van der Waals surface area contributed by atoms with Crippen molar-refractivity contribution in [2.75, 3.05) is 38.8 Å². The van der Waals surface area contributed by atoms with E-state index in [4.69, 9.17) is 19.2 Å². The number of nitrogens with one attached hydrogen (secondary N) is 2. The molecule has 0 spiro atoms. The molecule has 0 aliphatic heterocycles. The smallest absolute Gasteiger partial charge is 0.196 e. The van der Waals surface area contributed by atoms with Crippen LogP contribution in [0, 0.1) is 0 Å². The number of ether oxygens (including phenoxy) is 3. The topological polar surface area (TPSA) is 81.4 Å². The van der Waals surface area contributed by atoms with Crippen LogP contribution in [0.25, 0.3) is 4.96 Å². The molecule has 1 aromatic carbocycles. The van der Waals surface area contributed by atoms with Gasteiger partial charge >= 0.3 is 0 Å². The summed E-state index contributed by atoms with van der Waals surface area (Å²) >= 11 is 1.61. The van der Waals surface area contributed by atoms with Crippen molar-refractivity contribution in [1.29, 1.82) is 0 Å². The Morgan fingerprint density at radius 2 is 2.03 bits per heavy atom. The Morgan fingerprint density at radius 3 is 2.77 bits per heavy atom. The van der Waals surface area contributed by atoms with Crippen molar-refractivity contribution < 1.29 is 14.2 Å². The van der Waals surface area contributed by atoms with Crippen LogP contribution in [0.15, 0.2) is 47.0 Å². The van der Waals surface area contributed by atoms with Crippen molar-refractivity contribution in [2.24, 2.45) is 4.99 Å². The molecule has 9 heteroatoms. The molecule has 2 heterocycles. The lowest BCUT2D eigenvalue weighted by atomic mass is 10.3. The number of fused-ring (bicyclic) bond motifs is 1. The number of aliphatic imine (C=N–C) groups is 1. The Labute approximate surface area is 187 Å². The van der Waals surface area contributed by atoms with Crippen LogP contribution in [0.4, 0.5) is 5.69 Å². The average molecular weight is 446 g/mol. The zero-order valence-electron chi connectivity index (χ0n) is 18.3. The lowest BCUT2D eigenvalue weighted by Crippen LogP contribution is -2.32. The summed E-state index contributed by atoms with van der Waals surface area (Å²) in [4.78, 5) is 10.3. The largest absolute Gasteiger partial charge is 0.491 e. The van der Waals surface area contributed by atoms with Gasteiger partial charge in [-0.3, -0.25) is 4.40 Å². The molecule has 0 saturated heterocycles. The number of hydrogen-bond acceptors (Lipinski definition) is 6. The number of anilines is 1. The first-order valence-electron chi connectivity index (χ1n) is 10.4. The fraction of sp³-hybridized carbons (Fsp3) is 0.455. The summed E-state index contributed by atoms with van der Waals surface area (Å²) in [5.41, 5.74) is 1.86. The van der Waals surface area contributed by atoms with E-state index in [-0.39, 0.29) is 6.10 Å². The maximum atomic E-state index is 5.71. The zero-order valence-corrected chi connectivity index (χ0v) is 19.2. The Hall–Kier alpha value is -2.62. The Morgan fingerprint density at radius 1 is 1.19 bits per heavy atom. The number of nitrogens with zero attached hydrogens (tertiary/aromatic N) is 3. The molecule has 0 radical (unpaired) electrons. The van der Waals surface area contributed by atoms with Crippen molar-refractivity contribution in [3.05, 3.63) is 47.7 Å². The van der Waals surface area contributed by atoms with Crippen molar-refractivity contribution in [3.8, 4) is 5.75 Å². The van der Waals surface area contributed by atoms with E-state index in [1.807, 2.05) is 60.3 Å². The predicted molar refractivity (Wildman–Crippen MR) is 125 cm³/mol. The lowest BCUT2D eigenvalue weighted by Gasteiger charge is -2.14. The van der Waals surface area contributed by atoms with Crippen LogP contribution in [0.3, 0.4) is 0 Å². The number of hydrogen-bond donors (Lipinski definition) is 2. The number of benzene rings is 1. The zero-order chi connectivity index (χ0) is 21.9. The summed E-state index contributed by atoms with van der Waals surface area (Å²) in [6.07, 6.45) is 5.02. The standard InChI is InChI=1S/C22H31N5O3S/c1-17(2)30-20-7-5-18(6-8-20)25-21(23-9-4-11-29-13-12-28-3)24-15-19-16-27-10-14-31-22(27)26-19/h5-8,10,14,16-17H,4,9,11-13,15H2,1-3H3,(H2,23,24,25). The summed E-state index contributed by atoms with van der Waals surface area (Å²) in [5, 5.41) is 8.75. The summed E-state index contributed by atoms with van der Waals surface area (Å²) < 4.78 is 18.2. The molecule has 3 rings (SSSR count). The van der Waals surface area contributed by atoms with Crippen LogP contribution < -0.4 is 15.4 Å². The average Bonchev–Trinajstić information content (AvgIpc) is 3.34. The van der Waals surface area contributed by atoms with E-state index in [0.717, 1.165) is 35.1 Å². The summed E-state index contributed by atoms with van der Waals surface area (Å²) in [7, 11) is 1.67. The molecule has 8 nitrogen and oxygen atoms in total. The van der Waals surface area contributed by atoms with Gasteiger partial charge in [0.05, 0.1) is 31.6 Å². The third-order valence-electron chi connectivity index (χ3n) is 4.22. The van der Waals surface area contributed by atoms with E-state index in [9.17, 15) is 0 Å². The molecule has 0 aliphatic carbocycles. The van der Waals surface area contributed by atoms with Crippen molar-refractivity contribution in [1.82, 2.24) is 14.7 Å². The van der Waals surface area contributed by atoms with Crippen molar-refractivity contribution in [2.45, 2.75) is 32.9 Å². The molecule has 2 aromatic heterocycles. The Bertz CT molecular complexity index is 908. The van der Waals surface area contributed by atoms with E-state index in [1.165, 1.54) is 0 Å². The first-order valence-corrected chi connectivity index (χ1v) is 11.3. The van der Waals surface area contributed by atoms with Gasteiger partial charge in [-0.05, 0) is 44.5 Å². The SMILES string of the molecule is COCCOCCCNC(=NCc1cn2ccsc2n1)Nc1ccc(OC(C)C)cc1. The van der Waals surface area contributed by atoms with Gasteiger partial charge in [-0.1, -0.05) is 0 Å². The number of imidazole rings is 1. The van der Waals surface area contributed by atoms with Gasteiger partial charge < -0.3 is 24.8 Å². The highest BCUT2D eigenvalue weighted by Crippen LogP contribution is 2.17. The van der Waals surface area contributed by atoms with E-state index < -0.39 is 0 Å². The summed E-state index contributed by atoms with van der Waals surface area (Å²) in [6, 6.07) is 7.87. The molecule has 2 N–H and O–H groups in total. The predicted octanol–water partition coefficient (Wildman–Crippen LogP) is 3.79. The third-order valence-corrected chi connectivity index (χ3v) is 4.99. The molecule has 168 valence electrons. The van der Waals surface area contributed by atoms with Gasteiger partial charge in [0, 0.05) is 43.7 Å². The second-order valence-electron chi connectivity index (χ2n) is 7.19. The monoisotopic (exact) mass is 445 g/mol. The molecule has 0 atom stereocenters. The molecule has 0 unspecified atom stereocenters. The molecule has 3 aromatic rings. The van der Waals surface area contributed by atoms with Gasteiger partial charge in [-0.2, -0.15) is 0 Å². The Kier molecular flexibility index (Phi) is 9.14. The van der Waals surface area contributed by atoms with E-state index >= 15 is 0 Å². The third kappa shape index (κ3) is 7.86. The van der Waals surface area contributed by atoms with Crippen LogP contribution in [0.5, 0.6) is 5.75 Å². The van der Waals surface area contributed by atoms with Crippen molar-refractivity contribution >= 4 is 27.9 Å². The molecule has 0 saturated carbocycles. The normalized spacial score (nSPS) is 11.9. The second kappa shape index (κ2) is 12.3. The lowest BCUT2D eigenvalue weighted by molar-refractivity contribution is 0.0699. The maximum Gasteiger partial charge on any atom is 0.196 e. The molecule has 0 amide bonds. The molecular weight excluding hydrogens is 414 g/mol. The minimum atomic E-state index is 0.147. The minimum Gasteiger partial charge on any atom is -0.491 e. The number of guanidine groups is 1. The first kappa shape index (κ1) is 23.1. The number of thiazole rings is 1. The molecule has 0 aliphatic rings. The van der Waals surface area contributed by atoms with Gasteiger partial charge in [0.15, 0.2) is 10.9 Å². The number of methoxy groups -OCH3 is 1. The molecule has 31 heavy (non-hydrogen) atoms. The quantitative estimate of drug-likeness (QED) is 0.251. The highest BCUT2D eigenvalue weighted by atomic mass is 32.1. The minimum absolute atomic E-state index is 0.147. The van der Waals surface area contributed by atoms with E-state index in [2.05, 4.69) is 15.6 Å². The molecule has 0 fully saturated rings. The van der Waals surface area contributed by atoms with Gasteiger partial charge in [-0.15, -0.1) is 11.3 Å². The summed E-state index contributed by atoms with van der Waals surface area (Å²) in [6.45, 7) is 7.15. The van der Waals surface area contributed by atoms with Crippen molar-refractivity contribution in [3.63, 3.8) is 0 Å².